The molecule has 0 spiro atoms. The lowest BCUT2D eigenvalue weighted by Gasteiger charge is -2.20. The van der Waals surface area contributed by atoms with Gasteiger partial charge in [0.1, 0.15) is 5.41 Å². The van der Waals surface area contributed by atoms with E-state index in [4.69, 9.17) is 0 Å². The van der Waals surface area contributed by atoms with Crippen molar-refractivity contribution in [2.24, 2.45) is 5.41 Å². The van der Waals surface area contributed by atoms with Gasteiger partial charge in [-0.05, 0) is 37.1 Å². The number of hydrogen-bond acceptors (Lipinski definition) is 4. The van der Waals surface area contributed by atoms with Gasteiger partial charge in [0.25, 0.3) is 0 Å². The van der Waals surface area contributed by atoms with Crippen LogP contribution in [0.5, 0.6) is 0 Å². The van der Waals surface area contributed by atoms with Gasteiger partial charge in [0.2, 0.25) is 5.91 Å². The second-order valence-electron chi connectivity index (χ2n) is 5.43. The average molecular weight is 301 g/mol. The summed E-state index contributed by atoms with van der Waals surface area (Å²) in [7, 11) is 2.92. The molecule has 0 radical (unpaired) electrons. The second kappa shape index (κ2) is 6.48. The molecule has 1 aliphatic rings. The number of nitriles is 1. The molecule has 2 amide bonds. The van der Waals surface area contributed by atoms with Crippen molar-refractivity contribution < 1.29 is 14.3 Å². The fourth-order valence-electron chi connectivity index (χ4n) is 2.63. The molecule has 0 atom stereocenters. The number of nitrogens with zero attached hydrogens (tertiary/aromatic N) is 2. The van der Waals surface area contributed by atoms with Gasteiger partial charge in [0.15, 0.2) is 0 Å². The molecule has 1 aliphatic carbocycles. The van der Waals surface area contributed by atoms with E-state index in [1.54, 1.807) is 31.3 Å². The number of nitrogens with one attached hydrogen (secondary N) is 1. The zero-order valence-electron chi connectivity index (χ0n) is 12.8. The number of hydrogen-bond donors (Lipinski definition) is 1. The molecular weight excluding hydrogens is 282 g/mol. The zero-order valence-corrected chi connectivity index (χ0v) is 12.8. The van der Waals surface area contributed by atoms with E-state index < -0.39 is 11.5 Å². The van der Waals surface area contributed by atoms with E-state index in [9.17, 15) is 14.9 Å². The smallest absolute Gasteiger partial charge is 0.413 e. The Morgan fingerprint density at radius 1 is 1.27 bits per heavy atom. The van der Waals surface area contributed by atoms with Gasteiger partial charge in [-0.3, -0.25) is 9.69 Å². The first-order valence-corrected chi connectivity index (χ1v) is 7.17. The molecule has 0 bridgehead atoms. The summed E-state index contributed by atoms with van der Waals surface area (Å²) in [4.78, 5) is 25.1. The molecule has 0 aliphatic heterocycles. The Hall–Kier alpha value is -2.55. The predicted molar refractivity (Wildman–Crippen MR) is 82.4 cm³/mol. The number of ether oxygens (including phenoxy) is 1. The topological polar surface area (TPSA) is 82.4 Å². The number of anilines is 2. The third kappa shape index (κ3) is 3.03. The molecule has 0 unspecified atom stereocenters. The zero-order chi connectivity index (χ0) is 16.2. The molecule has 116 valence electrons. The molecule has 6 nitrogen and oxygen atoms in total. The number of amides is 2. The fraction of sp³-hybridized carbons (Fsp3) is 0.438. The van der Waals surface area contributed by atoms with Gasteiger partial charge in [-0.2, -0.15) is 5.26 Å². The van der Waals surface area contributed by atoms with E-state index >= 15 is 0 Å². The van der Waals surface area contributed by atoms with E-state index in [2.05, 4.69) is 16.1 Å². The number of benzene rings is 1. The summed E-state index contributed by atoms with van der Waals surface area (Å²) in [5, 5.41) is 12.1. The van der Waals surface area contributed by atoms with E-state index in [1.165, 1.54) is 12.0 Å². The minimum atomic E-state index is -0.901. The standard InChI is InChI=1S/C16H19N3O3/c1-19(15(21)22-2)13-7-5-12(6-8-13)18-14(20)16(11-17)9-3-4-10-16/h5-8H,3-4,9-10H2,1-2H3,(H,18,20). The van der Waals surface area contributed by atoms with Crippen LogP contribution in [0.3, 0.4) is 0 Å². The first-order chi connectivity index (χ1) is 10.5. The van der Waals surface area contributed by atoms with Crippen LogP contribution < -0.4 is 10.2 Å². The third-order valence-electron chi connectivity index (χ3n) is 4.07. The molecule has 1 aromatic rings. The maximum atomic E-state index is 12.3. The highest BCUT2D eigenvalue weighted by Crippen LogP contribution is 2.38. The number of rotatable bonds is 3. The summed E-state index contributed by atoms with van der Waals surface area (Å²) in [5.41, 5.74) is 0.357. The fourth-order valence-corrected chi connectivity index (χ4v) is 2.63. The van der Waals surface area contributed by atoms with Crippen LogP contribution in [0.2, 0.25) is 0 Å². The lowest BCUT2D eigenvalue weighted by Crippen LogP contribution is -2.32. The minimum absolute atomic E-state index is 0.249. The number of carbonyl (C=O) groups is 2. The molecule has 2 rings (SSSR count). The van der Waals surface area contributed by atoms with Crippen molar-refractivity contribution in [3.05, 3.63) is 24.3 Å². The summed E-state index contributed by atoms with van der Waals surface area (Å²) < 4.78 is 4.64. The Kier molecular flexibility index (Phi) is 4.66. The molecule has 6 heteroatoms. The maximum absolute atomic E-state index is 12.3. The lowest BCUT2D eigenvalue weighted by atomic mass is 9.87. The van der Waals surface area contributed by atoms with Crippen molar-refractivity contribution in [3.8, 4) is 6.07 Å². The van der Waals surface area contributed by atoms with Gasteiger partial charge in [0, 0.05) is 18.4 Å². The van der Waals surface area contributed by atoms with E-state index in [1.807, 2.05) is 0 Å². The highest BCUT2D eigenvalue weighted by Gasteiger charge is 2.41. The van der Waals surface area contributed by atoms with Crippen LogP contribution in [0.1, 0.15) is 25.7 Å². The monoisotopic (exact) mass is 301 g/mol. The van der Waals surface area contributed by atoms with Crippen molar-refractivity contribution in [1.82, 2.24) is 0 Å². The molecule has 22 heavy (non-hydrogen) atoms. The van der Waals surface area contributed by atoms with Gasteiger partial charge in [-0.1, -0.05) is 12.8 Å². The molecule has 1 N–H and O–H groups in total. The Morgan fingerprint density at radius 2 is 1.86 bits per heavy atom. The van der Waals surface area contributed by atoms with Crippen LogP contribution in [0.25, 0.3) is 0 Å². The van der Waals surface area contributed by atoms with E-state index in [0.29, 0.717) is 24.2 Å². The Bertz CT molecular complexity index is 598. The van der Waals surface area contributed by atoms with Crippen LogP contribution in [0.15, 0.2) is 24.3 Å². The second-order valence-corrected chi connectivity index (χ2v) is 5.43. The molecule has 1 saturated carbocycles. The van der Waals surface area contributed by atoms with E-state index in [0.717, 1.165) is 12.8 Å². The Labute approximate surface area is 129 Å². The van der Waals surface area contributed by atoms with Crippen LogP contribution >= 0.6 is 0 Å². The van der Waals surface area contributed by atoms with Gasteiger partial charge >= 0.3 is 6.09 Å². The van der Waals surface area contributed by atoms with Crippen molar-refractivity contribution in [2.75, 3.05) is 24.4 Å². The van der Waals surface area contributed by atoms with Crippen molar-refractivity contribution >= 4 is 23.4 Å². The molecular formula is C16H19N3O3. The maximum Gasteiger partial charge on any atom is 0.413 e. The van der Waals surface area contributed by atoms with Gasteiger partial charge in [0.05, 0.1) is 13.2 Å². The minimum Gasteiger partial charge on any atom is -0.452 e. The van der Waals surface area contributed by atoms with Crippen LogP contribution in [0, 0.1) is 16.7 Å². The van der Waals surface area contributed by atoms with Crippen LogP contribution in [-0.2, 0) is 9.53 Å². The molecule has 0 saturated heterocycles. The largest absolute Gasteiger partial charge is 0.452 e. The van der Waals surface area contributed by atoms with Gasteiger partial charge in [-0.15, -0.1) is 0 Å². The summed E-state index contributed by atoms with van der Waals surface area (Å²) in [6, 6.07) is 8.99. The highest BCUT2D eigenvalue weighted by atomic mass is 16.5. The predicted octanol–water partition coefficient (Wildman–Crippen LogP) is 2.91. The molecule has 1 aromatic carbocycles. The average Bonchev–Trinajstić information content (AvgIpc) is 3.04. The van der Waals surface area contributed by atoms with Gasteiger partial charge < -0.3 is 10.1 Å². The lowest BCUT2D eigenvalue weighted by molar-refractivity contribution is -0.122. The Morgan fingerprint density at radius 3 is 2.36 bits per heavy atom. The number of carbonyl (C=O) groups excluding carboxylic acids is 2. The first-order valence-electron chi connectivity index (χ1n) is 7.17. The summed E-state index contributed by atoms with van der Waals surface area (Å²) in [6.45, 7) is 0. The van der Waals surface area contributed by atoms with Gasteiger partial charge in [-0.25, -0.2) is 4.79 Å². The summed E-state index contributed by atoms with van der Waals surface area (Å²) in [5.74, 6) is -0.249. The van der Waals surface area contributed by atoms with E-state index in [-0.39, 0.29) is 5.91 Å². The first kappa shape index (κ1) is 15.8. The van der Waals surface area contributed by atoms with Crippen molar-refractivity contribution in [1.29, 1.82) is 5.26 Å². The SMILES string of the molecule is COC(=O)N(C)c1ccc(NC(=O)C2(C#N)CCCC2)cc1. The van der Waals surface area contributed by atoms with Crippen LogP contribution in [0.4, 0.5) is 16.2 Å². The number of methoxy groups -OCH3 is 1. The molecule has 0 aromatic heterocycles. The molecule has 0 heterocycles. The summed E-state index contributed by atoms with van der Waals surface area (Å²) in [6.07, 6.45) is 2.57. The summed E-state index contributed by atoms with van der Waals surface area (Å²) >= 11 is 0. The highest BCUT2D eigenvalue weighted by molar-refractivity contribution is 5.97. The van der Waals surface area contributed by atoms with Crippen molar-refractivity contribution in [3.63, 3.8) is 0 Å². The third-order valence-corrected chi connectivity index (χ3v) is 4.07. The molecule has 1 fully saturated rings. The normalized spacial score (nSPS) is 15.7. The van der Waals surface area contributed by atoms with Crippen LogP contribution in [-0.4, -0.2) is 26.2 Å². The Balaban J connectivity index is 2.07. The quantitative estimate of drug-likeness (QED) is 0.930. The van der Waals surface area contributed by atoms with Crippen molar-refractivity contribution in [2.45, 2.75) is 25.7 Å².